The SMILES string of the molecule is COC(=O)c1cc(NCc2ccc(OC)cc2)ncc1N. The highest BCUT2D eigenvalue weighted by Crippen LogP contribution is 2.17. The van der Waals surface area contributed by atoms with Gasteiger partial charge in [-0.15, -0.1) is 0 Å². The second kappa shape index (κ2) is 6.60. The first-order chi connectivity index (χ1) is 10.1. The van der Waals surface area contributed by atoms with Gasteiger partial charge in [-0.3, -0.25) is 0 Å². The Kier molecular flexibility index (Phi) is 4.61. The molecule has 2 aromatic rings. The fraction of sp³-hybridized carbons (Fsp3) is 0.200. The molecule has 6 heteroatoms. The number of carbonyl (C=O) groups excluding carboxylic acids is 1. The lowest BCUT2D eigenvalue weighted by molar-refractivity contribution is 0.0602. The molecule has 1 aromatic heterocycles. The lowest BCUT2D eigenvalue weighted by atomic mass is 10.2. The fourth-order valence-electron chi connectivity index (χ4n) is 1.79. The number of nitrogens with two attached hydrogens (primary N) is 1. The Bertz CT molecular complexity index is 627. The number of rotatable bonds is 5. The average Bonchev–Trinajstić information content (AvgIpc) is 2.53. The van der Waals surface area contributed by atoms with Crippen LogP contribution in [0.2, 0.25) is 0 Å². The summed E-state index contributed by atoms with van der Waals surface area (Å²) in [6.07, 6.45) is 1.43. The lowest BCUT2D eigenvalue weighted by Crippen LogP contribution is -2.08. The van der Waals surface area contributed by atoms with Gasteiger partial charge in [-0.2, -0.15) is 0 Å². The van der Waals surface area contributed by atoms with E-state index in [2.05, 4.69) is 15.0 Å². The first-order valence-electron chi connectivity index (χ1n) is 6.34. The van der Waals surface area contributed by atoms with Crippen LogP contribution in [0.5, 0.6) is 5.75 Å². The minimum absolute atomic E-state index is 0.289. The number of hydrogen-bond acceptors (Lipinski definition) is 6. The predicted molar refractivity (Wildman–Crippen MR) is 80.3 cm³/mol. The number of nitrogens with one attached hydrogen (secondary N) is 1. The Labute approximate surface area is 122 Å². The Morgan fingerprint density at radius 3 is 2.62 bits per heavy atom. The van der Waals surface area contributed by atoms with E-state index in [0.717, 1.165) is 11.3 Å². The average molecular weight is 287 g/mol. The van der Waals surface area contributed by atoms with E-state index in [0.29, 0.717) is 17.9 Å². The van der Waals surface area contributed by atoms with Gasteiger partial charge in [0.2, 0.25) is 0 Å². The van der Waals surface area contributed by atoms with Crippen molar-refractivity contribution in [2.45, 2.75) is 6.54 Å². The zero-order valence-corrected chi connectivity index (χ0v) is 11.9. The highest BCUT2D eigenvalue weighted by molar-refractivity contribution is 5.95. The van der Waals surface area contributed by atoms with Crippen LogP contribution < -0.4 is 15.8 Å². The summed E-state index contributed by atoms with van der Waals surface area (Å²) >= 11 is 0. The molecule has 0 spiro atoms. The van der Waals surface area contributed by atoms with E-state index in [4.69, 9.17) is 10.5 Å². The standard InChI is InChI=1S/C15H17N3O3/c1-20-11-5-3-10(4-6-11)8-17-14-7-12(15(19)21-2)13(16)9-18-14/h3-7,9H,8,16H2,1-2H3,(H,17,18). The van der Waals surface area contributed by atoms with Crippen LogP contribution in [0.15, 0.2) is 36.5 Å². The number of pyridine rings is 1. The van der Waals surface area contributed by atoms with Crippen molar-refractivity contribution in [1.82, 2.24) is 4.98 Å². The van der Waals surface area contributed by atoms with Crippen molar-refractivity contribution in [3.63, 3.8) is 0 Å². The molecule has 0 radical (unpaired) electrons. The Balaban J connectivity index is 2.07. The summed E-state index contributed by atoms with van der Waals surface area (Å²) in [6, 6.07) is 9.24. The van der Waals surface area contributed by atoms with Crippen molar-refractivity contribution in [2.75, 3.05) is 25.3 Å². The summed E-state index contributed by atoms with van der Waals surface area (Å²) < 4.78 is 9.77. The number of aromatic nitrogens is 1. The molecule has 0 aliphatic carbocycles. The summed E-state index contributed by atoms with van der Waals surface area (Å²) in [4.78, 5) is 15.7. The van der Waals surface area contributed by atoms with Crippen molar-refractivity contribution < 1.29 is 14.3 Å². The topological polar surface area (TPSA) is 86.5 Å². The van der Waals surface area contributed by atoms with Gasteiger partial charge in [-0.25, -0.2) is 9.78 Å². The van der Waals surface area contributed by atoms with Gasteiger partial charge < -0.3 is 20.5 Å². The molecule has 0 aliphatic heterocycles. The van der Waals surface area contributed by atoms with Crippen LogP contribution in [0, 0.1) is 0 Å². The maximum atomic E-state index is 11.6. The minimum atomic E-state index is -0.484. The van der Waals surface area contributed by atoms with Crippen LogP contribution in [-0.4, -0.2) is 25.2 Å². The van der Waals surface area contributed by atoms with Gasteiger partial charge in [0.05, 0.1) is 31.7 Å². The molecule has 0 saturated carbocycles. The van der Waals surface area contributed by atoms with Crippen LogP contribution in [0.3, 0.4) is 0 Å². The van der Waals surface area contributed by atoms with Crippen LogP contribution in [0.25, 0.3) is 0 Å². The normalized spacial score (nSPS) is 10.0. The molecule has 21 heavy (non-hydrogen) atoms. The molecule has 0 aliphatic rings. The Morgan fingerprint density at radius 2 is 2.00 bits per heavy atom. The zero-order chi connectivity index (χ0) is 15.2. The first-order valence-corrected chi connectivity index (χ1v) is 6.34. The molecule has 1 heterocycles. The summed E-state index contributed by atoms with van der Waals surface area (Å²) in [7, 11) is 2.94. The molecule has 1 aromatic carbocycles. The molecule has 3 N–H and O–H groups in total. The van der Waals surface area contributed by atoms with Gasteiger partial charge >= 0.3 is 5.97 Å². The second-order valence-electron chi connectivity index (χ2n) is 4.35. The van der Waals surface area contributed by atoms with E-state index in [-0.39, 0.29) is 5.69 Å². The van der Waals surface area contributed by atoms with E-state index >= 15 is 0 Å². The maximum Gasteiger partial charge on any atom is 0.340 e. The molecule has 0 fully saturated rings. The molecule has 0 bridgehead atoms. The number of benzene rings is 1. The smallest absolute Gasteiger partial charge is 0.340 e. The van der Waals surface area contributed by atoms with Crippen molar-refractivity contribution in [3.8, 4) is 5.75 Å². The molecule has 0 unspecified atom stereocenters. The lowest BCUT2D eigenvalue weighted by Gasteiger charge is -2.09. The molecule has 110 valence electrons. The number of nitrogens with zero attached hydrogens (tertiary/aromatic N) is 1. The van der Waals surface area contributed by atoms with Gasteiger partial charge in [0.15, 0.2) is 0 Å². The predicted octanol–water partition coefficient (Wildman–Crippen LogP) is 2.07. The van der Waals surface area contributed by atoms with Crippen molar-refractivity contribution >= 4 is 17.5 Å². The molecule has 0 atom stereocenters. The van der Waals surface area contributed by atoms with E-state index < -0.39 is 5.97 Å². The van der Waals surface area contributed by atoms with Crippen molar-refractivity contribution in [3.05, 3.63) is 47.7 Å². The van der Waals surface area contributed by atoms with Gasteiger partial charge in [0, 0.05) is 6.54 Å². The number of methoxy groups -OCH3 is 2. The van der Waals surface area contributed by atoms with Crippen molar-refractivity contribution in [2.24, 2.45) is 0 Å². The molecule has 2 rings (SSSR count). The first kappa shape index (κ1) is 14.6. The van der Waals surface area contributed by atoms with Crippen molar-refractivity contribution in [1.29, 1.82) is 0 Å². The monoisotopic (exact) mass is 287 g/mol. The second-order valence-corrected chi connectivity index (χ2v) is 4.35. The van der Waals surface area contributed by atoms with E-state index in [1.54, 1.807) is 13.2 Å². The fourth-order valence-corrected chi connectivity index (χ4v) is 1.79. The third-order valence-corrected chi connectivity index (χ3v) is 2.97. The van der Waals surface area contributed by atoms with Crippen LogP contribution >= 0.6 is 0 Å². The summed E-state index contributed by atoms with van der Waals surface area (Å²) in [5.74, 6) is 0.875. The van der Waals surface area contributed by atoms with E-state index in [1.165, 1.54) is 13.3 Å². The number of hydrogen-bond donors (Lipinski definition) is 2. The largest absolute Gasteiger partial charge is 0.497 e. The highest BCUT2D eigenvalue weighted by Gasteiger charge is 2.11. The molecular formula is C15H17N3O3. The summed E-state index contributed by atoms with van der Waals surface area (Å²) in [5, 5.41) is 3.13. The number of ether oxygens (including phenoxy) is 2. The van der Waals surface area contributed by atoms with Gasteiger partial charge in [-0.1, -0.05) is 12.1 Å². The maximum absolute atomic E-state index is 11.6. The minimum Gasteiger partial charge on any atom is -0.497 e. The summed E-state index contributed by atoms with van der Waals surface area (Å²) in [6.45, 7) is 0.571. The zero-order valence-electron chi connectivity index (χ0n) is 11.9. The third kappa shape index (κ3) is 3.62. The summed E-state index contributed by atoms with van der Waals surface area (Å²) in [5.41, 5.74) is 7.35. The molecule has 6 nitrogen and oxygen atoms in total. The number of nitrogen functional groups attached to an aromatic ring is 1. The van der Waals surface area contributed by atoms with Gasteiger partial charge in [0.1, 0.15) is 11.6 Å². The third-order valence-electron chi connectivity index (χ3n) is 2.97. The van der Waals surface area contributed by atoms with E-state index in [1.807, 2.05) is 24.3 Å². The van der Waals surface area contributed by atoms with Gasteiger partial charge in [-0.05, 0) is 23.8 Å². The highest BCUT2D eigenvalue weighted by atomic mass is 16.5. The van der Waals surface area contributed by atoms with Gasteiger partial charge in [0.25, 0.3) is 0 Å². The Hall–Kier alpha value is -2.76. The van der Waals surface area contributed by atoms with Crippen LogP contribution in [0.1, 0.15) is 15.9 Å². The molecule has 0 saturated heterocycles. The van der Waals surface area contributed by atoms with Crippen LogP contribution in [0.4, 0.5) is 11.5 Å². The Morgan fingerprint density at radius 1 is 1.29 bits per heavy atom. The number of anilines is 2. The van der Waals surface area contributed by atoms with E-state index in [9.17, 15) is 4.79 Å². The molecule has 0 amide bonds. The molecular weight excluding hydrogens is 270 g/mol. The van der Waals surface area contributed by atoms with Crippen LogP contribution in [-0.2, 0) is 11.3 Å². The number of carbonyl (C=O) groups is 1. The quantitative estimate of drug-likeness (QED) is 0.819. The number of esters is 1.